The maximum absolute atomic E-state index is 15.7. The fourth-order valence-corrected chi connectivity index (χ4v) is 5.40. The number of hydrogen-bond donors (Lipinski definition) is 1. The van der Waals surface area contributed by atoms with Crippen molar-refractivity contribution < 1.29 is 37.4 Å². The Hall–Kier alpha value is -3.24. The van der Waals surface area contributed by atoms with Gasteiger partial charge in [-0.2, -0.15) is 0 Å². The Morgan fingerprint density at radius 3 is 2.63 bits per heavy atom. The summed E-state index contributed by atoms with van der Waals surface area (Å²) >= 11 is 0. The summed E-state index contributed by atoms with van der Waals surface area (Å²) in [6, 6.07) is 2.20. The zero-order chi connectivity index (χ0) is 25.3. The molecule has 0 aromatic heterocycles. The number of likely N-dealkylation sites (tertiary alicyclic amines) is 1. The second kappa shape index (κ2) is 7.63. The molecule has 2 atom stereocenters. The number of benzene rings is 1. The Labute approximate surface area is 200 Å². The van der Waals surface area contributed by atoms with Crippen molar-refractivity contribution in [3.63, 3.8) is 0 Å². The zero-order valence-electron chi connectivity index (χ0n) is 19.8. The highest BCUT2D eigenvalue weighted by atomic mass is 19.3. The molecule has 1 aromatic carbocycles. The largest absolute Gasteiger partial charge is 0.492 e. The van der Waals surface area contributed by atoms with Gasteiger partial charge in [0.1, 0.15) is 24.0 Å². The Bertz CT molecular complexity index is 1150. The van der Waals surface area contributed by atoms with Gasteiger partial charge in [0, 0.05) is 29.7 Å². The number of imide groups is 1. The van der Waals surface area contributed by atoms with Crippen LogP contribution in [0, 0.1) is 0 Å². The lowest BCUT2D eigenvalue weighted by molar-refractivity contribution is -0.137. The number of ether oxygens (including phenoxy) is 2. The van der Waals surface area contributed by atoms with E-state index in [1.807, 2.05) is 0 Å². The van der Waals surface area contributed by atoms with Crippen LogP contribution in [0.25, 0.3) is 0 Å². The van der Waals surface area contributed by atoms with Crippen LogP contribution in [0.2, 0.25) is 0 Å². The summed E-state index contributed by atoms with van der Waals surface area (Å²) in [5.74, 6) is -4.38. The molecule has 9 nitrogen and oxygen atoms in total. The SMILES string of the molecule is CC(C)(C)OC(=O)N1CCC2(COc3c2ccc2c3CN(C3CCC(=O)NC3=O)C2=O)C(F)(F)C1. The van der Waals surface area contributed by atoms with Crippen LogP contribution in [0.15, 0.2) is 12.1 Å². The number of nitrogens with one attached hydrogen (secondary N) is 1. The number of amides is 4. The van der Waals surface area contributed by atoms with Crippen LogP contribution in [-0.4, -0.2) is 70.9 Å². The normalized spacial score (nSPS) is 27.5. The molecule has 1 aromatic rings. The van der Waals surface area contributed by atoms with Crippen LogP contribution in [0.1, 0.15) is 61.5 Å². The Morgan fingerprint density at radius 2 is 1.97 bits per heavy atom. The fourth-order valence-electron chi connectivity index (χ4n) is 5.40. The molecule has 2 unspecified atom stereocenters. The van der Waals surface area contributed by atoms with Crippen molar-refractivity contribution in [2.24, 2.45) is 0 Å². The van der Waals surface area contributed by atoms with E-state index in [0.717, 1.165) is 4.90 Å². The highest BCUT2D eigenvalue weighted by Crippen LogP contribution is 2.55. The molecular weight excluding hydrogens is 464 g/mol. The van der Waals surface area contributed by atoms with Crippen LogP contribution in [0.5, 0.6) is 5.75 Å². The monoisotopic (exact) mass is 491 g/mol. The van der Waals surface area contributed by atoms with Gasteiger partial charge >= 0.3 is 6.09 Å². The Kier molecular flexibility index (Phi) is 5.12. The van der Waals surface area contributed by atoms with Gasteiger partial charge in [-0.25, -0.2) is 13.6 Å². The minimum atomic E-state index is -3.30. The smallest absolute Gasteiger partial charge is 0.410 e. The van der Waals surface area contributed by atoms with Gasteiger partial charge < -0.3 is 19.3 Å². The molecule has 4 heterocycles. The molecule has 1 spiro atoms. The predicted molar refractivity (Wildman–Crippen MR) is 117 cm³/mol. The molecule has 0 bridgehead atoms. The van der Waals surface area contributed by atoms with E-state index in [1.54, 1.807) is 20.8 Å². The van der Waals surface area contributed by atoms with Gasteiger partial charge in [0.15, 0.2) is 0 Å². The fraction of sp³-hybridized carbons (Fsp3) is 0.583. The van der Waals surface area contributed by atoms with Crippen molar-refractivity contribution in [3.8, 4) is 5.75 Å². The number of alkyl halides is 2. The third-order valence-electron chi connectivity index (χ3n) is 7.19. The first-order chi connectivity index (χ1) is 16.3. The van der Waals surface area contributed by atoms with Crippen LogP contribution in [-0.2, 0) is 26.3 Å². The summed E-state index contributed by atoms with van der Waals surface area (Å²) < 4.78 is 42.5. The van der Waals surface area contributed by atoms with Gasteiger partial charge in [0.25, 0.3) is 11.8 Å². The van der Waals surface area contributed by atoms with Gasteiger partial charge in [-0.3, -0.25) is 19.7 Å². The van der Waals surface area contributed by atoms with Crippen molar-refractivity contribution in [2.45, 2.75) is 69.6 Å². The third-order valence-corrected chi connectivity index (χ3v) is 7.19. The highest BCUT2D eigenvalue weighted by molar-refractivity contribution is 6.05. The molecule has 5 rings (SSSR count). The van der Waals surface area contributed by atoms with E-state index in [4.69, 9.17) is 9.47 Å². The van der Waals surface area contributed by atoms with Gasteiger partial charge in [-0.05, 0) is 39.7 Å². The summed E-state index contributed by atoms with van der Waals surface area (Å²) in [7, 11) is 0. The zero-order valence-corrected chi connectivity index (χ0v) is 19.8. The topological polar surface area (TPSA) is 105 Å². The maximum Gasteiger partial charge on any atom is 0.410 e. The number of rotatable bonds is 1. The molecule has 2 fully saturated rings. The van der Waals surface area contributed by atoms with Crippen molar-refractivity contribution in [3.05, 3.63) is 28.8 Å². The van der Waals surface area contributed by atoms with Gasteiger partial charge in [0.05, 0.1) is 18.5 Å². The summed E-state index contributed by atoms with van der Waals surface area (Å²) in [6.45, 7) is 4.06. The van der Waals surface area contributed by atoms with Crippen molar-refractivity contribution in [1.82, 2.24) is 15.1 Å². The van der Waals surface area contributed by atoms with E-state index in [2.05, 4.69) is 5.32 Å². The summed E-state index contributed by atoms with van der Waals surface area (Å²) in [6.07, 6.45) is -0.494. The van der Waals surface area contributed by atoms with Crippen LogP contribution in [0.4, 0.5) is 13.6 Å². The molecule has 0 radical (unpaired) electrons. The lowest BCUT2D eigenvalue weighted by atomic mass is 9.71. The standard InChI is InChI=1S/C24H27F2N3O6/c1-22(2,3)35-21(33)28-9-8-23(24(25,26)11-28)12-34-18-14-10-29(16-6-7-17(30)27-19(16)31)20(32)13(14)4-5-15(18)23/h4-5,16H,6-12H2,1-3H3,(H,27,30,31). The summed E-state index contributed by atoms with van der Waals surface area (Å²) in [5.41, 5.74) is -1.35. The van der Waals surface area contributed by atoms with Gasteiger partial charge in [-0.1, -0.05) is 6.07 Å². The minimum Gasteiger partial charge on any atom is -0.492 e. The molecule has 2 saturated heterocycles. The molecule has 188 valence electrons. The second-order valence-corrected chi connectivity index (χ2v) is 10.6. The van der Waals surface area contributed by atoms with Crippen molar-refractivity contribution >= 4 is 23.8 Å². The molecule has 0 saturated carbocycles. The first-order valence-corrected chi connectivity index (χ1v) is 11.6. The molecule has 4 aliphatic rings. The number of halogens is 2. The van der Waals surface area contributed by atoms with E-state index in [-0.39, 0.29) is 50.6 Å². The summed E-state index contributed by atoms with van der Waals surface area (Å²) in [5, 5.41) is 2.25. The van der Waals surface area contributed by atoms with E-state index >= 15 is 8.78 Å². The van der Waals surface area contributed by atoms with E-state index < -0.39 is 47.4 Å². The predicted octanol–water partition coefficient (Wildman–Crippen LogP) is 2.35. The molecule has 1 N–H and O–H groups in total. The number of piperidine rings is 2. The summed E-state index contributed by atoms with van der Waals surface area (Å²) in [4.78, 5) is 51.7. The second-order valence-electron chi connectivity index (χ2n) is 10.6. The maximum atomic E-state index is 15.7. The molecule has 11 heteroatoms. The average molecular weight is 491 g/mol. The molecule has 0 aliphatic carbocycles. The average Bonchev–Trinajstić information content (AvgIpc) is 3.28. The van der Waals surface area contributed by atoms with Crippen LogP contribution >= 0.6 is 0 Å². The van der Waals surface area contributed by atoms with Crippen LogP contribution < -0.4 is 10.1 Å². The van der Waals surface area contributed by atoms with Crippen molar-refractivity contribution in [2.75, 3.05) is 19.7 Å². The first kappa shape index (κ1) is 23.5. The minimum absolute atomic E-state index is 0.0319. The number of fused-ring (bicyclic) bond motifs is 4. The Morgan fingerprint density at radius 1 is 1.23 bits per heavy atom. The van der Waals surface area contributed by atoms with E-state index in [1.165, 1.54) is 17.0 Å². The van der Waals surface area contributed by atoms with E-state index in [9.17, 15) is 19.2 Å². The van der Waals surface area contributed by atoms with Gasteiger partial charge in [0.2, 0.25) is 11.8 Å². The first-order valence-electron chi connectivity index (χ1n) is 11.6. The lowest BCUT2D eigenvalue weighted by Crippen LogP contribution is -2.60. The number of nitrogens with zero attached hydrogens (tertiary/aromatic N) is 2. The van der Waals surface area contributed by atoms with Crippen LogP contribution in [0.3, 0.4) is 0 Å². The highest BCUT2D eigenvalue weighted by Gasteiger charge is 2.63. The molecule has 4 amide bonds. The van der Waals surface area contributed by atoms with Gasteiger partial charge in [-0.15, -0.1) is 0 Å². The lowest BCUT2D eigenvalue weighted by Gasteiger charge is -2.44. The van der Waals surface area contributed by atoms with E-state index in [0.29, 0.717) is 16.7 Å². The number of carbonyl (C=O) groups excluding carboxylic acids is 4. The molecule has 35 heavy (non-hydrogen) atoms. The number of hydrogen-bond acceptors (Lipinski definition) is 6. The third kappa shape index (κ3) is 3.63. The van der Waals surface area contributed by atoms with Crippen molar-refractivity contribution in [1.29, 1.82) is 0 Å². The number of carbonyl (C=O) groups is 4. The Balaban J connectivity index is 1.42. The molecule has 4 aliphatic heterocycles. The quantitative estimate of drug-likeness (QED) is 0.605. The molecular formula is C24H27F2N3O6.